The number of ether oxygens (including phenoxy) is 1. The molecular formula is C22H27ClN2O4. The third-order valence-electron chi connectivity index (χ3n) is 4.86. The summed E-state index contributed by atoms with van der Waals surface area (Å²) in [4.78, 5) is 37.6. The Bertz CT molecular complexity index is 918. The molecule has 0 bridgehead atoms. The number of nitrogens with zero attached hydrogens (tertiary/aromatic N) is 1. The van der Waals surface area contributed by atoms with Crippen molar-refractivity contribution in [2.45, 2.75) is 47.2 Å². The molecule has 156 valence electrons. The van der Waals surface area contributed by atoms with Gasteiger partial charge in [-0.2, -0.15) is 0 Å². The molecule has 0 fully saturated rings. The van der Waals surface area contributed by atoms with Crippen LogP contribution in [-0.4, -0.2) is 34.9 Å². The number of nitrogens with one attached hydrogen (secondary N) is 1. The second kappa shape index (κ2) is 9.74. The zero-order valence-corrected chi connectivity index (χ0v) is 18.2. The largest absolute Gasteiger partial charge is 0.456 e. The van der Waals surface area contributed by atoms with Crippen LogP contribution in [0.1, 0.15) is 52.9 Å². The monoisotopic (exact) mass is 418 g/mol. The van der Waals surface area contributed by atoms with Crippen LogP contribution in [0.4, 0.5) is 0 Å². The number of aromatic nitrogens is 1. The van der Waals surface area contributed by atoms with E-state index in [1.165, 1.54) is 0 Å². The van der Waals surface area contributed by atoms with Gasteiger partial charge in [0.25, 0.3) is 5.91 Å². The fraction of sp³-hybridized carbons (Fsp3) is 0.409. The summed E-state index contributed by atoms with van der Waals surface area (Å²) in [6, 6.07) is 7.49. The molecular weight excluding hydrogens is 392 g/mol. The van der Waals surface area contributed by atoms with Gasteiger partial charge in [0.2, 0.25) is 5.78 Å². The number of carbonyl (C=O) groups excluding carboxylic acids is 3. The van der Waals surface area contributed by atoms with Crippen LogP contribution in [0.5, 0.6) is 0 Å². The van der Waals surface area contributed by atoms with Crippen LogP contribution < -0.4 is 5.32 Å². The van der Waals surface area contributed by atoms with Crippen molar-refractivity contribution in [3.05, 3.63) is 57.9 Å². The van der Waals surface area contributed by atoms with Crippen LogP contribution >= 0.6 is 11.6 Å². The summed E-state index contributed by atoms with van der Waals surface area (Å²) >= 11 is 6.05. The van der Waals surface area contributed by atoms with Gasteiger partial charge in [-0.1, -0.05) is 37.6 Å². The molecule has 0 radical (unpaired) electrons. The third-order valence-corrected chi connectivity index (χ3v) is 5.19. The number of esters is 1. The maximum atomic E-state index is 12.6. The van der Waals surface area contributed by atoms with Gasteiger partial charge < -0.3 is 14.6 Å². The summed E-state index contributed by atoms with van der Waals surface area (Å²) in [7, 11) is 0. The Kier molecular flexibility index (Phi) is 7.62. The topological polar surface area (TPSA) is 77.4 Å². The second-order valence-corrected chi connectivity index (χ2v) is 7.64. The summed E-state index contributed by atoms with van der Waals surface area (Å²) in [6.07, 6.45) is 0. The molecule has 1 aromatic carbocycles. The van der Waals surface area contributed by atoms with E-state index in [9.17, 15) is 14.4 Å². The summed E-state index contributed by atoms with van der Waals surface area (Å²) in [5, 5.41) is 2.95. The molecule has 0 aliphatic carbocycles. The van der Waals surface area contributed by atoms with E-state index in [1.54, 1.807) is 44.2 Å². The van der Waals surface area contributed by atoms with Crippen LogP contribution in [0.3, 0.4) is 0 Å². The van der Waals surface area contributed by atoms with Crippen molar-refractivity contribution in [3.8, 4) is 0 Å². The molecule has 0 saturated heterocycles. The quantitative estimate of drug-likeness (QED) is 0.520. The number of ketones is 1. The molecule has 0 spiro atoms. The molecule has 1 heterocycles. The van der Waals surface area contributed by atoms with Crippen LogP contribution in [0.15, 0.2) is 30.3 Å². The van der Waals surface area contributed by atoms with Gasteiger partial charge in [0.05, 0.1) is 10.6 Å². The predicted molar refractivity (Wildman–Crippen MR) is 112 cm³/mol. The highest BCUT2D eigenvalue weighted by Gasteiger charge is 2.28. The molecule has 2 rings (SSSR count). The fourth-order valence-electron chi connectivity index (χ4n) is 3.24. The van der Waals surface area contributed by atoms with E-state index >= 15 is 0 Å². The molecule has 0 saturated carbocycles. The normalized spacial score (nSPS) is 12.0. The van der Waals surface area contributed by atoms with E-state index in [1.807, 2.05) is 25.3 Å². The smallest absolute Gasteiger partial charge is 0.329 e. The lowest BCUT2D eigenvalue weighted by Crippen LogP contribution is -2.45. The van der Waals surface area contributed by atoms with Gasteiger partial charge in [0, 0.05) is 23.5 Å². The minimum Gasteiger partial charge on any atom is -0.456 e. The average Bonchev–Trinajstić information content (AvgIpc) is 2.97. The maximum Gasteiger partial charge on any atom is 0.329 e. The van der Waals surface area contributed by atoms with Gasteiger partial charge in [0.1, 0.15) is 6.04 Å². The van der Waals surface area contributed by atoms with Gasteiger partial charge in [-0.3, -0.25) is 9.59 Å². The van der Waals surface area contributed by atoms with Crippen LogP contribution in [-0.2, 0) is 16.1 Å². The van der Waals surface area contributed by atoms with Crippen molar-refractivity contribution < 1.29 is 19.1 Å². The number of hydrogen-bond acceptors (Lipinski definition) is 4. The molecule has 6 nitrogen and oxygen atoms in total. The minimum atomic E-state index is -0.894. The summed E-state index contributed by atoms with van der Waals surface area (Å²) in [5.74, 6) is -1.62. The average molecular weight is 419 g/mol. The number of amides is 1. The molecule has 1 aromatic heterocycles. The number of rotatable bonds is 8. The number of aryl methyl sites for hydroxylation is 1. The standard InChI is InChI=1S/C22H27ClN2O4/c1-6-25-14(4)11-17(15(25)5)19(26)12-29-22(28)20(13(2)3)24-21(27)16-9-7-8-10-18(16)23/h7-11,13,20H,6,12H2,1-5H3,(H,24,27)/t20-/m0/s1. The molecule has 0 aliphatic rings. The Morgan fingerprint density at radius 1 is 1.14 bits per heavy atom. The second-order valence-electron chi connectivity index (χ2n) is 7.23. The van der Waals surface area contributed by atoms with E-state index in [4.69, 9.17) is 16.3 Å². The highest BCUT2D eigenvalue weighted by molar-refractivity contribution is 6.33. The lowest BCUT2D eigenvalue weighted by Gasteiger charge is -2.21. The Morgan fingerprint density at radius 3 is 2.34 bits per heavy atom. The van der Waals surface area contributed by atoms with Crippen molar-refractivity contribution in [1.82, 2.24) is 9.88 Å². The molecule has 1 N–H and O–H groups in total. The van der Waals surface area contributed by atoms with Gasteiger partial charge in [-0.25, -0.2) is 4.79 Å². The lowest BCUT2D eigenvalue weighted by atomic mass is 10.0. The van der Waals surface area contributed by atoms with Crippen molar-refractivity contribution in [2.75, 3.05) is 6.61 Å². The van der Waals surface area contributed by atoms with Crippen LogP contribution in [0.25, 0.3) is 0 Å². The van der Waals surface area contributed by atoms with E-state index in [0.29, 0.717) is 10.6 Å². The Hall–Kier alpha value is -2.60. The highest BCUT2D eigenvalue weighted by atomic mass is 35.5. The summed E-state index contributed by atoms with van der Waals surface area (Å²) in [5.41, 5.74) is 2.64. The number of hydrogen-bond donors (Lipinski definition) is 1. The summed E-state index contributed by atoms with van der Waals surface area (Å²) < 4.78 is 7.26. The first kappa shape index (κ1) is 22.7. The maximum absolute atomic E-state index is 12.6. The highest BCUT2D eigenvalue weighted by Crippen LogP contribution is 2.17. The first-order chi connectivity index (χ1) is 13.7. The SMILES string of the molecule is CCn1c(C)cc(C(=O)COC(=O)[C@@H](NC(=O)c2ccccc2Cl)C(C)C)c1C. The third kappa shape index (κ3) is 5.26. The molecule has 7 heteroatoms. The molecule has 0 unspecified atom stereocenters. The van der Waals surface area contributed by atoms with E-state index in [0.717, 1.165) is 17.9 Å². The van der Waals surface area contributed by atoms with E-state index in [-0.39, 0.29) is 23.9 Å². The van der Waals surface area contributed by atoms with Crippen molar-refractivity contribution in [3.63, 3.8) is 0 Å². The first-order valence-electron chi connectivity index (χ1n) is 9.59. The van der Waals surface area contributed by atoms with E-state index < -0.39 is 17.9 Å². The van der Waals surface area contributed by atoms with Crippen molar-refractivity contribution in [1.29, 1.82) is 0 Å². The molecule has 0 aliphatic heterocycles. The van der Waals surface area contributed by atoms with Gasteiger partial charge in [-0.05, 0) is 44.9 Å². The lowest BCUT2D eigenvalue weighted by molar-refractivity contribution is -0.145. The Labute approximate surface area is 176 Å². The Morgan fingerprint density at radius 2 is 1.79 bits per heavy atom. The fourth-order valence-corrected chi connectivity index (χ4v) is 3.46. The number of halogens is 1. The summed E-state index contributed by atoms with van der Waals surface area (Å²) in [6.45, 7) is 9.76. The molecule has 29 heavy (non-hydrogen) atoms. The van der Waals surface area contributed by atoms with Crippen LogP contribution in [0, 0.1) is 19.8 Å². The zero-order valence-electron chi connectivity index (χ0n) is 17.4. The van der Waals surface area contributed by atoms with Crippen molar-refractivity contribution >= 4 is 29.3 Å². The molecule has 1 atom stereocenters. The molecule has 2 aromatic rings. The van der Waals surface area contributed by atoms with Gasteiger partial charge in [-0.15, -0.1) is 0 Å². The zero-order chi connectivity index (χ0) is 21.7. The minimum absolute atomic E-state index is 0.228. The number of Topliss-reactive ketones (excluding diaryl/α,β-unsaturated/α-hetero) is 1. The number of carbonyl (C=O) groups is 3. The number of benzene rings is 1. The van der Waals surface area contributed by atoms with Gasteiger partial charge in [0.15, 0.2) is 6.61 Å². The van der Waals surface area contributed by atoms with E-state index in [2.05, 4.69) is 5.32 Å². The molecule has 1 amide bonds. The van der Waals surface area contributed by atoms with Crippen molar-refractivity contribution in [2.24, 2.45) is 5.92 Å². The van der Waals surface area contributed by atoms with Gasteiger partial charge >= 0.3 is 5.97 Å². The van der Waals surface area contributed by atoms with Crippen LogP contribution in [0.2, 0.25) is 5.02 Å². The predicted octanol–water partition coefficient (Wildman–Crippen LogP) is 3.96. The first-order valence-corrected chi connectivity index (χ1v) is 9.97. The Balaban J connectivity index is 2.05.